The summed E-state index contributed by atoms with van der Waals surface area (Å²) in [5.74, 6) is 0.809. The lowest BCUT2D eigenvalue weighted by Crippen LogP contribution is -2.51. The van der Waals surface area contributed by atoms with Gasteiger partial charge in [0.25, 0.3) is 0 Å². The van der Waals surface area contributed by atoms with Crippen LogP contribution < -0.4 is 28.4 Å². The molecule has 54 heavy (non-hydrogen) atoms. The van der Waals surface area contributed by atoms with Crippen LogP contribution in [0.2, 0.25) is 0 Å². The number of carbonyl (C=O) groups is 3. The molecule has 3 atom stereocenters. The fourth-order valence-electron chi connectivity index (χ4n) is 7.78. The third-order valence-electron chi connectivity index (χ3n) is 10.5. The molecule has 1 heterocycles. The third kappa shape index (κ3) is 9.69. The van der Waals surface area contributed by atoms with Crippen molar-refractivity contribution in [1.29, 1.82) is 0 Å². The fourth-order valence-corrected chi connectivity index (χ4v) is 7.78. The van der Waals surface area contributed by atoms with Gasteiger partial charge in [-0.3, -0.25) is 4.79 Å². The summed E-state index contributed by atoms with van der Waals surface area (Å²) in [6, 6.07) is 15.5. The number of amides is 1. The van der Waals surface area contributed by atoms with E-state index in [2.05, 4.69) is 0 Å². The van der Waals surface area contributed by atoms with Gasteiger partial charge in [0, 0.05) is 6.54 Å². The molecule has 2 aliphatic rings. The van der Waals surface area contributed by atoms with Crippen molar-refractivity contribution in [3.05, 3.63) is 71.3 Å². The Kier molecular flexibility index (Phi) is 14.3. The first-order valence-electron chi connectivity index (χ1n) is 18.7. The van der Waals surface area contributed by atoms with Crippen LogP contribution in [0.1, 0.15) is 86.5 Å². The number of methoxy groups -OCH3 is 5. The van der Waals surface area contributed by atoms with Gasteiger partial charge in [0.2, 0.25) is 11.7 Å². The van der Waals surface area contributed by atoms with E-state index < -0.39 is 36.6 Å². The standard InChI is InChI=1S/C42H53NO11/c1-48-34-20-18-27(22-35(34)49-2)17-19-33(29-14-11-15-31(23-29)53-26-38(44)45)54-42(47)32-16-9-10-21-43(32)41(46)39(28-12-7-6-8-13-28)30-24-36(50-3)40(52-5)37(25-30)51-4/h11,14-15,18,20,22-25,28,32-33,39H,6-10,12-13,16-17,19,21,26H2,1-5H3,(H,44,45)/t32?,33-,39?/m1/s1. The first-order chi connectivity index (χ1) is 26.2. The second kappa shape index (κ2) is 19.3. The molecular weight excluding hydrogens is 694 g/mol. The number of ether oxygens (including phenoxy) is 7. The van der Waals surface area contributed by atoms with Crippen molar-refractivity contribution in [2.24, 2.45) is 5.92 Å². The van der Waals surface area contributed by atoms with Crippen molar-refractivity contribution >= 4 is 17.8 Å². The van der Waals surface area contributed by atoms with Crippen molar-refractivity contribution in [2.45, 2.75) is 82.3 Å². The number of carboxylic acids is 1. The number of aryl methyl sites for hydroxylation is 1. The molecule has 1 aliphatic heterocycles. The minimum atomic E-state index is -1.10. The van der Waals surface area contributed by atoms with Gasteiger partial charge in [0.1, 0.15) is 17.9 Å². The van der Waals surface area contributed by atoms with Crippen molar-refractivity contribution in [2.75, 3.05) is 48.7 Å². The molecule has 2 unspecified atom stereocenters. The van der Waals surface area contributed by atoms with Crippen molar-refractivity contribution in [1.82, 2.24) is 4.90 Å². The van der Waals surface area contributed by atoms with E-state index in [0.717, 1.165) is 56.1 Å². The zero-order valence-electron chi connectivity index (χ0n) is 32.0. The normalized spacial score (nSPS) is 17.1. The van der Waals surface area contributed by atoms with Crippen molar-refractivity contribution in [3.63, 3.8) is 0 Å². The van der Waals surface area contributed by atoms with Crippen LogP contribution in [0.15, 0.2) is 54.6 Å². The van der Waals surface area contributed by atoms with Crippen LogP contribution in [-0.2, 0) is 25.5 Å². The molecule has 3 aromatic carbocycles. The van der Waals surface area contributed by atoms with Gasteiger partial charge in [-0.05, 0) is 104 Å². The van der Waals surface area contributed by atoms with E-state index in [1.165, 1.54) is 0 Å². The summed E-state index contributed by atoms with van der Waals surface area (Å²) in [6.45, 7) is -0.0755. The second-order valence-electron chi connectivity index (χ2n) is 13.8. The summed E-state index contributed by atoms with van der Waals surface area (Å²) in [6.07, 6.45) is 7.20. The number of nitrogens with zero attached hydrogens (tertiary/aromatic N) is 1. The van der Waals surface area contributed by atoms with Crippen molar-refractivity contribution in [3.8, 4) is 34.5 Å². The first kappa shape index (κ1) is 40.1. The minimum absolute atomic E-state index is 0.0791. The molecule has 0 bridgehead atoms. The zero-order chi connectivity index (χ0) is 38.6. The number of esters is 1. The summed E-state index contributed by atoms with van der Waals surface area (Å²) < 4.78 is 39.7. The molecule has 12 nitrogen and oxygen atoms in total. The Labute approximate surface area is 317 Å². The highest BCUT2D eigenvalue weighted by molar-refractivity contribution is 5.89. The molecule has 2 fully saturated rings. The third-order valence-corrected chi connectivity index (χ3v) is 10.5. The lowest BCUT2D eigenvalue weighted by Gasteiger charge is -2.40. The predicted octanol–water partition coefficient (Wildman–Crippen LogP) is 7.16. The van der Waals surface area contributed by atoms with E-state index >= 15 is 0 Å². The van der Waals surface area contributed by atoms with Gasteiger partial charge in [-0.2, -0.15) is 0 Å². The van der Waals surface area contributed by atoms with Crippen LogP contribution in [0.3, 0.4) is 0 Å². The molecule has 3 aromatic rings. The monoisotopic (exact) mass is 747 g/mol. The van der Waals surface area contributed by atoms with Gasteiger partial charge in [0.05, 0.1) is 41.5 Å². The van der Waals surface area contributed by atoms with Crippen molar-refractivity contribution < 1.29 is 52.6 Å². The number of piperidine rings is 1. The van der Waals surface area contributed by atoms with E-state index in [-0.39, 0.29) is 11.8 Å². The van der Waals surface area contributed by atoms with Crippen LogP contribution in [0.5, 0.6) is 34.5 Å². The van der Waals surface area contributed by atoms with Gasteiger partial charge >= 0.3 is 11.9 Å². The Morgan fingerprint density at radius 2 is 1.43 bits per heavy atom. The Balaban J connectivity index is 1.45. The number of hydrogen-bond donors (Lipinski definition) is 1. The SMILES string of the molecule is COc1ccc(CC[C@@H](OC(=O)C2CCCCN2C(=O)C(c2cc(OC)c(OC)c(OC)c2)C2CCCCC2)c2cccc(OCC(=O)O)c2)cc1OC. The Hall–Kier alpha value is -5.13. The number of carbonyl (C=O) groups excluding carboxylic acids is 2. The molecule has 5 rings (SSSR count). The average molecular weight is 748 g/mol. The molecule has 1 saturated heterocycles. The van der Waals surface area contributed by atoms with Gasteiger partial charge in [-0.15, -0.1) is 0 Å². The number of carboxylic acid groups (broad SMARTS) is 1. The Bertz CT molecular complexity index is 1710. The summed E-state index contributed by atoms with van der Waals surface area (Å²) in [4.78, 5) is 42.3. The Morgan fingerprint density at radius 3 is 2.07 bits per heavy atom. The molecule has 0 radical (unpaired) electrons. The smallest absolute Gasteiger partial charge is 0.341 e. The minimum Gasteiger partial charge on any atom is -0.493 e. The molecule has 1 aliphatic carbocycles. The average Bonchev–Trinajstić information content (AvgIpc) is 3.21. The second-order valence-corrected chi connectivity index (χ2v) is 13.8. The number of aliphatic carboxylic acids is 1. The van der Waals surface area contributed by atoms with Crippen LogP contribution in [0.25, 0.3) is 0 Å². The topological polar surface area (TPSA) is 139 Å². The van der Waals surface area contributed by atoms with E-state index in [1.54, 1.807) is 58.6 Å². The summed E-state index contributed by atoms with van der Waals surface area (Å²) >= 11 is 0. The maximum atomic E-state index is 14.9. The van der Waals surface area contributed by atoms with Gasteiger partial charge in [0.15, 0.2) is 29.6 Å². The summed E-state index contributed by atoms with van der Waals surface area (Å²) in [5, 5.41) is 9.18. The van der Waals surface area contributed by atoms with Gasteiger partial charge in [-0.1, -0.05) is 37.5 Å². The van der Waals surface area contributed by atoms with Crippen LogP contribution in [0, 0.1) is 5.92 Å². The molecule has 1 N–H and O–H groups in total. The van der Waals surface area contributed by atoms with Crippen LogP contribution >= 0.6 is 0 Å². The van der Waals surface area contributed by atoms with Crippen LogP contribution in [-0.4, -0.2) is 82.6 Å². The maximum absolute atomic E-state index is 14.9. The molecule has 1 saturated carbocycles. The number of benzene rings is 3. The van der Waals surface area contributed by atoms with E-state index in [9.17, 15) is 19.5 Å². The van der Waals surface area contributed by atoms with Gasteiger partial charge < -0.3 is 43.2 Å². The van der Waals surface area contributed by atoms with Crippen LogP contribution in [0.4, 0.5) is 0 Å². The highest BCUT2D eigenvalue weighted by Gasteiger charge is 2.41. The number of likely N-dealkylation sites (tertiary alicyclic amines) is 1. The predicted molar refractivity (Wildman–Crippen MR) is 201 cm³/mol. The molecule has 1 amide bonds. The quantitative estimate of drug-likeness (QED) is 0.141. The molecular formula is C42H53NO11. The summed E-state index contributed by atoms with van der Waals surface area (Å²) in [7, 11) is 7.82. The lowest BCUT2D eigenvalue weighted by atomic mass is 9.75. The molecule has 0 aromatic heterocycles. The highest BCUT2D eigenvalue weighted by atomic mass is 16.5. The Morgan fingerprint density at radius 1 is 0.741 bits per heavy atom. The molecule has 12 heteroatoms. The highest BCUT2D eigenvalue weighted by Crippen LogP contribution is 2.45. The van der Waals surface area contributed by atoms with Gasteiger partial charge in [-0.25, -0.2) is 9.59 Å². The molecule has 292 valence electrons. The molecule has 0 spiro atoms. The largest absolute Gasteiger partial charge is 0.493 e. The lowest BCUT2D eigenvalue weighted by molar-refractivity contribution is -0.163. The first-order valence-corrected chi connectivity index (χ1v) is 18.7. The maximum Gasteiger partial charge on any atom is 0.341 e. The zero-order valence-corrected chi connectivity index (χ0v) is 32.0. The summed E-state index contributed by atoms with van der Waals surface area (Å²) in [5.41, 5.74) is 2.37. The fraction of sp³-hybridized carbons (Fsp3) is 0.500. The number of rotatable bonds is 17. The van der Waals surface area contributed by atoms with E-state index in [4.69, 9.17) is 33.2 Å². The number of hydrogen-bond acceptors (Lipinski definition) is 10. The van der Waals surface area contributed by atoms with E-state index in [1.807, 2.05) is 36.4 Å². The van der Waals surface area contributed by atoms with E-state index in [0.29, 0.717) is 65.9 Å².